The lowest BCUT2D eigenvalue weighted by atomic mass is 10.00. The highest BCUT2D eigenvalue weighted by atomic mass is 79.9. The molecular weight excluding hydrogens is 373 g/mol. The number of benzene rings is 2. The minimum absolute atomic E-state index is 0.128. The smallest absolute Gasteiger partial charge is 0.143 e. The molecule has 2 nitrogen and oxygen atoms in total. The largest absolute Gasteiger partial charge is 0.492 e. The van der Waals surface area contributed by atoms with Gasteiger partial charge in [0.15, 0.2) is 0 Å². The predicted molar refractivity (Wildman–Crippen MR) is 91.8 cm³/mol. The first-order valence-corrected chi connectivity index (χ1v) is 8.24. The number of anilines is 1. The molecule has 0 aromatic heterocycles. The fourth-order valence-corrected chi connectivity index (χ4v) is 3.46. The first kappa shape index (κ1) is 15.0. The van der Waals surface area contributed by atoms with Crippen molar-refractivity contribution in [3.8, 4) is 5.75 Å². The zero-order valence-electron chi connectivity index (χ0n) is 11.4. The Hall–Kier alpha value is -0.900. The molecule has 1 aliphatic rings. The minimum atomic E-state index is 0.128. The van der Waals surface area contributed by atoms with Gasteiger partial charge in [-0.15, -0.1) is 0 Å². The van der Waals surface area contributed by atoms with Gasteiger partial charge in [-0.1, -0.05) is 35.3 Å². The molecule has 0 saturated carbocycles. The van der Waals surface area contributed by atoms with Crippen LogP contribution in [-0.2, 0) is 0 Å². The Labute approximate surface area is 142 Å². The van der Waals surface area contributed by atoms with E-state index in [0.29, 0.717) is 16.7 Å². The molecule has 1 N–H and O–H groups in total. The Kier molecular flexibility index (Phi) is 4.34. The van der Waals surface area contributed by atoms with E-state index in [9.17, 15) is 0 Å². The monoisotopic (exact) mass is 385 g/mol. The Morgan fingerprint density at radius 1 is 1.29 bits per heavy atom. The van der Waals surface area contributed by atoms with Crippen LogP contribution >= 0.6 is 39.1 Å². The maximum atomic E-state index is 6.23. The van der Waals surface area contributed by atoms with E-state index < -0.39 is 0 Å². The van der Waals surface area contributed by atoms with Gasteiger partial charge in [-0.3, -0.25) is 0 Å². The van der Waals surface area contributed by atoms with Crippen molar-refractivity contribution in [3.05, 3.63) is 56.0 Å². The van der Waals surface area contributed by atoms with E-state index in [0.717, 1.165) is 27.9 Å². The first-order chi connectivity index (χ1) is 10.1. The first-order valence-electron chi connectivity index (χ1n) is 6.69. The minimum Gasteiger partial charge on any atom is -0.492 e. The molecule has 0 saturated heterocycles. The molecule has 2 aromatic rings. The van der Waals surface area contributed by atoms with Crippen molar-refractivity contribution < 1.29 is 4.74 Å². The zero-order valence-corrected chi connectivity index (χ0v) is 14.5. The van der Waals surface area contributed by atoms with E-state index in [-0.39, 0.29) is 6.04 Å². The number of fused-ring (bicyclic) bond motifs is 1. The van der Waals surface area contributed by atoms with Gasteiger partial charge in [-0.25, -0.2) is 0 Å². The van der Waals surface area contributed by atoms with Crippen LogP contribution in [-0.4, -0.2) is 6.61 Å². The van der Waals surface area contributed by atoms with Crippen molar-refractivity contribution in [1.29, 1.82) is 0 Å². The molecule has 1 aliphatic heterocycles. The second-order valence-corrected chi connectivity index (χ2v) is 6.71. The Bertz CT molecular complexity index is 690. The van der Waals surface area contributed by atoms with Crippen molar-refractivity contribution in [2.75, 3.05) is 11.9 Å². The molecule has 5 heteroatoms. The van der Waals surface area contributed by atoms with Crippen LogP contribution in [0.4, 0.5) is 5.69 Å². The molecule has 3 rings (SSSR count). The van der Waals surface area contributed by atoms with Gasteiger partial charge in [0.2, 0.25) is 0 Å². The maximum Gasteiger partial charge on any atom is 0.143 e. The fraction of sp³-hybridized carbons (Fsp3) is 0.250. The molecule has 0 spiro atoms. The van der Waals surface area contributed by atoms with Crippen LogP contribution in [0.3, 0.4) is 0 Å². The molecular formula is C16H14BrCl2NO. The fourth-order valence-electron chi connectivity index (χ4n) is 2.52. The number of nitrogens with one attached hydrogen (secondary N) is 1. The summed E-state index contributed by atoms with van der Waals surface area (Å²) in [7, 11) is 0. The molecule has 1 atom stereocenters. The van der Waals surface area contributed by atoms with Gasteiger partial charge in [-0.2, -0.15) is 0 Å². The molecule has 2 aromatic carbocycles. The van der Waals surface area contributed by atoms with Gasteiger partial charge >= 0.3 is 0 Å². The van der Waals surface area contributed by atoms with Crippen LogP contribution in [0.25, 0.3) is 0 Å². The van der Waals surface area contributed by atoms with Crippen LogP contribution < -0.4 is 10.1 Å². The van der Waals surface area contributed by atoms with Gasteiger partial charge in [0.05, 0.1) is 17.7 Å². The average molecular weight is 387 g/mol. The van der Waals surface area contributed by atoms with E-state index in [1.165, 1.54) is 5.56 Å². The maximum absolute atomic E-state index is 6.23. The highest BCUT2D eigenvalue weighted by Gasteiger charge is 2.24. The second-order valence-electron chi connectivity index (χ2n) is 5.08. The summed E-state index contributed by atoms with van der Waals surface area (Å²) in [6, 6.07) is 9.92. The topological polar surface area (TPSA) is 21.3 Å². The predicted octanol–water partition coefficient (Wildman–Crippen LogP) is 6.00. The molecule has 110 valence electrons. The van der Waals surface area contributed by atoms with Crippen molar-refractivity contribution in [3.63, 3.8) is 0 Å². The van der Waals surface area contributed by atoms with Gasteiger partial charge in [0.25, 0.3) is 0 Å². The van der Waals surface area contributed by atoms with E-state index >= 15 is 0 Å². The van der Waals surface area contributed by atoms with Crippen LogP contribution in [0.1, 0.15) is 23.6 Å². The Morgan fingerprint density at radius 2 is 2.10 bits per heavy atom. The SMILES string of the molecule is Cc1cccc(NC2CCOc3c(Cl)cc(Cl)cc32)c1Br. The lowest BCUT2D eigenvalue weighted by molar-refractivity contribution is 0.274. The molecule has 0 fully saturated rings. The summed E-state index contributed by atoms with van der Waals surface area (Å²) in [5, 5.41) is 4.74. The van der Waals surface area contributed by atoms with Crippen molar-refractivity contribution in [2.24, 2.45) is 0 Å². The number of ether oxygens (including phenoxy) is 1. The standard InChI is InChI=1S/C16H14BrCl2NO/c1-9-3-2-4-14(15(9)17)20-13-5-6-21-16-11(13)7-10(18)8-12(16)19/h2-4,7-8,13,20H,5-6H2,1H3. The molecule has 21 heavy (non-hydrogen) atoms. The highest BCUT2D eigenvalue weighted by molar-refractivity contribution is 9.10. The molecule has 0 radical (unpaired) electrons. The van der Waals surface area contributed by atoms with Gasteiger partial charge in [-0.05, 0) is 46.6 Å². The summed E-state index contributed by atoms with van der Waals surface area (Å²) in [5.74, 6) is 0.730. The van der Waals surface area contributed by atoms with Gasteiger partial charge < -0.3 is 10.1 Å². The second kappa shape index (κ2) is 6.07. The number of rotatable bonds is 2. The number of aryl methyl sites for hydroxylation is 1. The summed E-state index contributed by atoms with van der Waals surface area (Å²) >= 11 is 16.0. The van der Waals surface area contributed by atoms with Crippen molar-refractivity contribution in [1.82, 2.24) is 0 Å². The summed E-state index contributed by atoms with van der Waals surface area (Å²) in [6.07, 6.45) is 0.865. The van der Waals surface area contributed by atoms with E-state index in [1.807, 2.05) is 12.1 Å². The van der Waals surface area contributed by atoms with Crippen LogP contribution in [0.5, 0.6) is 5.75 Å². The molecule has 0 aliphatic carbocycles. The third kappa shape index (κ3) is 3.01. The van der Waals surface area contributed by atoms with Crippen molar-refractivity contribution in [2.45, 2.75) is 19.4 Å². The quantitative estimate of drug-likeness (QED) is 0.683. The average Bonchev–Trinajstić information content (AvgIpc) is 2.44. The molecule has 1 unspecified atom stereocenters. The number of hydrogen-bond donors (Lipinski definition) is 1. The van der Waals surface area contributed by atoms with E-state index in [1.54, 1.807) is 6.07 Å². The van der Waals surface area contributed by atoms with E-state index in [4.69, 9.17) is 27.9 Å². The summed E-state index contributed by atoms with van der Waals surface area (Å²) in [6.45, 7) is 2.70. The van der Waals surface area contributed by atoms with Crippen LogP contribution in [0.2, 0.25) is 10.0 Å². The summed E-state index contributed by atoms with van der Waals surface area (Å²) < 4.78 is 6.76. The Balaban J connectivity index is 1.97. The lowest BCUT2D eigenvalue weighted by Gasteiger charge is -2.29. The highest BCUT2D eigenvalue weighted by Crippen LogP contribution is 2.42. The Morgan fingerprint density at radius 3 is 2.90 bits per heavy atom. The normalized spacial score (nSPS) is 17.0. The third-order valence-corrected chi connectivity index (χ3v) is 5.14. The summed E-state index contributed by atoms with van der Waals surface area (Å²) in [5.41, 5.74) is 3.26. The van der Waals surface area contributed by atoms with Gasteiger partial charge in [0.1, 0.15) is 5.75 Å². The number of halogens is 3. The van der Waals surface area contributed by atoms with Crippen molar-refractivity contribution >= 4 is 44.8 Å². The summed E-state index contributed by atoms with van der Waals surface area (Å²) in [4.78, 5) is 0. The third-order valence-electron chi connectivity index (χ3n) is 3.59. The number of hydrogen-bond acceptors (Lipinski definition) is 2. The van der Waals surface area contributed by atoms with Crippen LogP contribution in [0, 0.1) is 6.92 Å². The molecule has 0 amide bonds. The molecule has 0 bridgehead atoms. The van der Waals surface area contributed by atoms with E-state index in [2.05, 4.69) is 40.3 Å². The molecule has 1 heterocycles. The van der Waals surface area contributed by atoms with Crippen LogP contribution in [0.15, 0.2) is 34.8 Å². The lowest BCUT2D eigenvalue weighted by Crippen LogP contribution is -2.21. The zero-order chi connectivity index (χ0) is 15.0. The van der Waals surface area contributed by atoms with Gasteiger partial charge in [0, 0.05) is 27.2 Å².